The highest BCUT2D eigenvalue weighted by Gasteiger charge is 2.00. The van der Waals surface area contributed by atoms with Gasteiger partial charge in [0.25, 0.3) is 5.56 Å². The van der Waals surface area contributed by atoms with Gasteiger partial charge >= 0.3 is 0 Å². The van der Waals surface area contributed by atoms with Crippen molar-refractivity contribution in [1.29, 1.82) is 0 Å². The van der Waals surface area contributed by atoms with E-state index in [9.17, 15) is 4.79 Å². The van der Waals surface area contributed by atoms with Gasteiger partial charge in [-0.1, -0.05) is 6.07 Å². The van der Waals surface area contributed by atoms with E-state index >= 15 is 0 Å². The van der Waals surface area contributed by atoms with Gasteiger partial charge in [-0.2, -0.15) is 0 Å². The van der Waals surface area contributed by atoms with Gasteiger partial charge in [-0.25, -0.2) is 4.98 Å². The van der Waals surface area contributed by atoms with Crippen molar-refractivity contribution in [2.75, 3.05) is 0 Å². The van der Waals surface area contributed by atoms with Crippen LogP contribution in [0.2, 0.25) is 0 Å². The minimum Gasteiger partial charge on any atom is -0.337 e. The molecule has 0 aliphatic carbocycles. The predicted octanol–water partition coefficient (Wildman–Crippen LogP) is 0.594. The molecule has 5 nitrogen and oxygen atoms in total. The molecule has 0 atom stereocenters. The molecule has 0 aliphatic rings. The number of aryl methyl sites for hydroxylation is 2. The molecule has 2 rings (SSSR count). The van der Waals surface area contributed by atoms with Crippen LogP contribution in [0.15, 0.2) is 41.8 Å². The number of rotatable bonds is 5. The van der Waals surface area contributed by atoms with Crippen molar-refractivity contribution in [3.63, 3.8) is 0 Å². The van der Waals surface area contributed by atoms with Gasteiger partial charge in [-0.15, -0.1) is 0 Å². The molecule has 17 heavy (non-hydrogen) atoms. The second kappa shape index (κ2) is 5.45. The van der Waals surface area contributed by atoms with Crippen LogP contribution in [0.3, 0.4) is 0 Å². The van der Waals surface area contributed by atoms with E-state index in [1.807, 2.05) is 16.8 Å². The van der Waals surface area contributed by atoms with Gasteiger partial charge in [0, 0.05) is 43.8 Å². The molecule has 0 bridgehead atoms. The van der Waals surface area contributed by atoms with E-state index in [4.69, 9.17) is 5.73 Å². The summed E-state index contributed by atoms with van der Waals surface area (Å²) in [5, 5.41) is 0. The summed E-state index contributed by atoms with van der Waals surface area (Å²) in [6, 6.07) is 3.63. The van der Waals surface area contributed by atoms with Crippen molar-refractivity contribution in [3.05, 3.63) is 53.0 Å². The van der Waals surface area contributed by atoms with E-state index in [0.717, 1.165) is 13.0 Å². The van der Waals surface area contributed by atoms with Crippen LogP contribution in [-0.2, 0) is 19.6 Å². The Morgan fingerprint density at radius 1 is 1.29 bits per heavy atom. The fraction of sp³-hybridized carbons (Fsp3) is 0.333. The molecule has 0 spiro atoms. The summed E-state index contributed by atoms with van der Waals surface area (Å²) < 4.78 is 3.71. The van der Waals surface area contributed by atoms with E-state index < -0.39 is 0 Å². The van der Waals surface area contributed by atoms with Crippen LogP contribution in [0.1, 0.15) is 12.0 Å². The summed E-state index contributed by atoms with van der Waals surface area (Å²) in [7, 11) is 0. The summed E-state index contributed by atoms with van der Waals surface area (Å²) in [5.41, 5.74) is 6.18. The van der Waals surface area contributed by atoms with Crippen LogP contribution in [0, 0.1) is 0 Å². The van der Waals surface area contributed by atoms with Gasteiger partial charge in [0.2, 0.25) is 0 Å². The minimum absolute atomic E-state index is 0.0145. The Morgan fingerprint density at radius 2 is 2.18 bits per heavy atom. The van der Waals surface area contributed by atoms with Gasteiger partial charge in [0.05, 0.1) is 6.33 Å². The molecule has 2 aromatic heterocycles. The summed E-state index contributed by atoms with van der Waals surface area (Å²) >= 11 is 0. The molecule has 0 unspecified atom stereocenters. The van der Waals surface area contributed by atoms with Gasteiger partial charge in [-0.3, -0.25) is 4.79 Å². The smallest absolute Gasteiger partial charge is 0.255 e. The molecule has 0 saturated carbocycles. The van der Waals surface area contributed by atoms with Crippen molar-refractivity contribution >= 4 is 0 Å². The monoisotopic (exact) mass is 232 g/mol. The topological polar surface area (TPSA) is 65.8 Å². The van der Waals surface area contributed by atoms with E-state index in [0.29, 0.717) is 18.7 Å². The number of hydrogen-bond donors (Lipinski definition) is 1. The molecule has 5 heteroatoms. The molecule has 0 aromatic carbocycles. The Balaban J connectivity index is 1.97. The van der Waals surface area contributed by atoms with Crippen molar-refractivity contribution in [2.24, 2.45) is 5.73 Å². The fourth-order valence-electron chi connectivity index (χ4n) is 1.76. The fourth-order valence-corrected chi connectivity index (χ4v) is 1.76. The second-order valence-corrected chi connectivity index (χ2v) is 3.89. The zero-order chi connectivity index (χ0) is 12.1. The zero-order valence-corrected chi connectivity index (χ0v) is 9.62. The Labute approximate surface area is 99.5 Å². The summed E-state index contributed by atoms with van der Waals surface area (Å²) in [6.07, 6.45) is 8.14. The molecule has 2 N–H and O–H groups in total. The molecule has 0 amide bonds. The average molecular weight is 232 g/mol. The van der Waals surface area contributed by atoms with Gasteiger partial charge in [-0.05, 0) is 12.5 Å². The van der Waals surface area contributed by atoms with E-state index in [1.54, 1.807) is 29.4 Å². The number of hydrogen-bond acceptors (Lipinski definition) is 3. The SMILES string of the molecule is NCc1cccn(CCCn2ccnc2)c1=O. The highest BCUT2D eigenvalue weighted by molar-refractivity contribution is 5.09. The third-order valence-electron chi connectivity index (χ3n) is 2.69. The van der Waals surface area contributed by atoms with Crippen LogP contribution in [0.5, 0.6) is 0 Å². The maximum Gasteiger partial charge on any atom is 0.255 e. The Bertz CT molecular complexity index is 516. The van der Waals surface area contributed by atoms with Crippen LogP contribution in [0.4, 0.5) is 0 Å². The van der Waals surface area contributed by atoms with Gasteiger partial charge in [0.15, 0.2) is 0 Å². The molecule has 0 aliphatic heterocycles. The third-order valence-corrected chi connectivity index (χ3v) is 2.69. The van der Waals surface area contributed by atoms with Gasteiger partial charge < -0.3 is 14.9 Å². The van der Waals surface area contributed by atoms with Crippen molar-refractivity contribution in [3.8, 4) is 0 Å². The third kappa shape index (κ3) is 2.82. The molecule has 2 aromatic rings. The highest BCUT2D eigenvalue weighted by atomic mass is 16.1. The van der Waals surface area contributed by atoms with Gasteiger partial charge in [0.1, 0.15) is 0 Å². The highest BCUT2D eigenvalue weighted by Crippen LogP contribution is 1.95. The largest absolute Gasteiger partial charge is 0.337 e. The molecule has 2 heterocycles. The first-order chi connectivity index (χ1) is 8.31. The first-order valence-electron chi connectivity index (χ1n) is 5.65. The number of pyridine rings is 1. The predicted molar refractivity (Wildman–Crippen MR) is 65.4 cm³/mol. The van der Waals surface area contributed by atoms with Crippen molar-refractivity contribution in [1.82, 2.24) is 14.1 Å². The molecule has 0 saturated heterocycles. The van der Waals surface area contributed by atoms with Crippen LogP contribution < -0.4 is 11.3 Å². The quantitative estimate of drug-likeness (QED) is 0.820. The molecule has 0 radical (unpaired) electrons. The Kier molecular flexibility index (Phi) is 3.72. The minimum atomic E-state index is 0.0145. The molecular weight excluding hydrogens is 216 g/mol. The van der Waals surface area contributed by atoms with Crippen LogP contribution in [0.25, 0.3) is 0 Å². The summed E-state index contributed by atoms with van der Waals surface area (Å²) in [4.78, 5) is 15.8. The second-order valence-electron chi connectivity index (χ2n) is 3.89. The lowest BCUT2D eigenvalue weighted by molar-refractivity contribution is 0.550. The first-order valence-corrected chi connectivity index (χ1v) is 5.65. The maximum absolute atomic E-state index is 11.9. The molecule has 90 valence electrons. The van der Waals surface area contributed by atoms with E-state index in [-0.39, 0.29) is 5.56 Å². The normalized spacial score (nSPS) is 10.6. The molecule has 0 fully saturated rings. The maximum atomic E-state index is 11.9. The zero-order valence-electron chi connectivity index (χ0n) is 9.62. The average Bonchev–Trinajstić information content (AvgIpc) is 2.84. The Morgan fingerprint density at radius 3 is 2.88 bits per heavy atom. The van der Waals surface area contributed by atoms with E-state index in [2.05, 4.69) is 4.98 Å². The van der Waals surface area contributed by atoms with Crippen molar-refractivity contribution in [2.45, 2.75) is 26.1 Å². The number of aromatic nitrogens is 3. The lowest BCUT2D eigenvalue weighted by Crippen LogP contribution is -2.25. The summed E-state index contributed by atoms with van der Waals surface area (Å²) in [6.45, 7) is 1.85. The number of imidazole rings is 1. The number of nitrogens with zero attached hydrogens (tertiary/aromatic N) is 3. The lowest BCUT2D eigenvalue weighted by Gasteiger charge is -2.07. The van der Waals surface area contributed by atoms with Crippen LogP contribution in [-0.4, -0.2) is 14.1 Å². The standard InChI is InChI=1S/C12H16N4O/c13-9-11-3-1-6-16(12(11)17)7-2-5-15-8-4-14-10-15/h1,3-4,6,8,10H,2,5,7,9,13H2. The van der Waals surface area contributed by atoms with Crippen LogP contribution >= 0.6 is 0 Å². The lowest BCUT2D eigenvalue weighted by atomic mass is 10.2. The van der Waals surface area contributed by atoms with E-state index in [1.165, 1.54) is 0 Å². The number of nitrogens with two attached hydrogens (primary N) is 1. The summed E-state index contributed by atoms with van der Waals surface area (Å²) in [5.74, 6) is 0. The van der Waals surface area contributed by atoms with Crippen molar-refractivity contribution < 1.29 is 0 Å². The Hall–Kier alpha value is -1.88. The molecular formula is C12H16N4O. The first kappa shape index (κ1) is 11.6.